The number of nitrogens with one attached hydrogen (secondary N) is 1. The van der Waals surface area contributed by atoms with Crippen LogP contribution in [0, 0.1) is 6.92 Å². The van der Waals surface area contributed by atoms with E-state index >= 15 is 0 Å². The summed E-state index contributed by atoms with van der Waals surface area (Å²) in [6.45, 7) is 12.6. The van der Waals surface area contributed by atoms with Crippen LogP contribution in [0.3, 0.4) is 0 Å². The number of carbonyl (C=O) groups is 1. The van der Waals surface area contributed by atoms with Crippen LogP contribution >= 0.6 is 0 Å². The van der Waals surface area contributed by atoms with Gasteiger partial charge >= 0.3 is 0 Å². The molecule has 1 amide bonds. The fourth-order valence-corrected chi connectivity index (χ4v) is 3.45. The maximum atomic E-state index is 12.8. The summed E-state index contributed by atoms with van der Waals surface area (Å²) in [5.41, 5.74) is 1.01. The van der Waals surface area contributed by atoms with Gasteiger partial charge in [-0.05, 0) is 20.8 Å². The molecule has 0 aromatic carbocycles. The Balaban J connectivity index is 1.59. The zero-order valence-corrected chi connectivity index (χ0v) is 15.0. The van der Waals surface area contributed by atoms with Crippen molar-refractivity contribution in [2.45, 2.75) is 32.9 Å². The first-order valence-corrected chi connectivity index (χ1v) is 8.89. The Bertz CT molecular complexity index is 551. The summed E-state index contributed by atoms with van der Waals surface area (Å²) in [6, 6.07) is 0.477. The lowest BCUT2D eigenvalue weighted by molar-refractivity contribution is -0.142. The molecule has 2 saturated heterocycles. The largest absolute Gasteiger partial charge is 0.377 e. The van der Waals surface area contributed by atoms with Crippen LogP contribution in [0.2, 0.25) is 0 Å². The molecule has 3 rings (SSSR count). The predicted octanol–water partition coefficient (Wildman–Crippen LogP) is 0.644. The Morgan fingerprint density at radius 1 is 1.33 bits per heavy atom. The van der Waals surface area contributed by atoms with Crippen LogP contribution in [-0.2, 0) is 9.53 Å². The lowest BCUT2D eigenvalue weighted by Gasteiger charge is -2.39. The van der Waals surface area contributed by atoms with Crippen molar-refractivity contribution in [2.24, 2.45) is 0 Å². The first kappa shape index (κ1) is 17.4. The maximum Gasteiger partial charge on any atom is 0.237 e. The Labute approximate surface area is 144 Å². The maximum absolute atomic E-state index is 12.8. The number of hydrogen-bond donors (Lipinski definition) is 1. The van der Waals surface area contributed by atoms with Crippen molar-refractivity contribution in [2.75, 3.05) is 52.5 Å². The van der Waals surface area contributed by atoms with Gasteiger partial charge in [0, 0.05) is 50.7 Å². The minimum Gasteiger partial charge on any atom is -0.377 e. The number of rotatable bonds is 4. The number of aryl methyl sites for hydroxylation is 1. The number of morpholine rings is 1. The van der Waals surface area contributed by atoms with Gasteiger partial charge in [0.25, 0.3) is 0 Å². The third-order valence-electron chi connectivity index (χ3n) is 4.98. The number of ether oxygens (including phenoxy) is 1. The molecule has 2 aliphatic rings. The SMILES string of the molecule is Cc1cnc([C@@H]2COCCN2C(=O)CN2CCN(C(C)C)CC2)[nH]1. The van der Waals surface area contributed by atoms with E-state index in [4.69, 9.17) is 4.74 Å². The van der Waals surface area contributed by atoms with E-state index < -0.39 is 0 Å². The van der Waals surface area contributed by atoms with Crippen LogP contribution in [0.25, 0.3) is 0 Å². The lowest BCUT2D eigenvalue weighted by atomic mass is 10.2. The highest BCUT2D eigenvalue weighted by molar-refractivity contribution is 5.78. The molecule has 24 heavy (non-hydrogen) atoms. The van der Waals surface area contributed by atoms with Crippen molar-refractivity contribution >= 4 is 5.91 Å². The standard InChI is InChI=1S/C17H29N5O2/c1-13(2)21-6-4-20(5-7-21)11-16(23)22-8-9-24-12-15(22)17-18-10-14(3)19-17/h10,13,15H,4-9,11-12H2,1-3H3,(H,18,19)/t15-/m0/s1. The highest BCUT2D eigenvalue weighted by Gasteiger charge is 2.32. The van der Waals surface area contributed by atoms with Gasteiger partial charge in [0.1, 0.15) is 11.9 Å². The van der Waals surface area contributed by atoms with Crippen LogP contribution in [0.15, 0.2) is 6.20 Å². The van der Waals surface area contributed by atoms with Crippen LogP contribution in [0.1, 0.15) is 31.4 Å². The number of amides is 1. The molecule has 1 N–H and O–H groups in total. The monoisotopic (exact) mass is 335 g/mol. The van der Waals surface area contributed by atoms with Gasteiger partial charge in [-0.25, -0.2) is 4.98 Å². The minimum atomic E-state index is -0.100. The van der Waals surface area contributed by atoms with Crippen molar-refractivity contribution in [1.82, 2.24) is 24.7 Å². The summed E-state index contributed by atoms with van der Waals surface area (Å²) in [5.74, 6) is 1.00. The first-order chi connectivity index (χ1) is 11.5. The smallest absolute Gasteiger partial charge is 0.237 e. The molecule has 134 valence electrons. The van der Waals surface area contributed by atoms with Gasteiger partial charge in [-0.1, -0.05) is 0 Å². The summed E-state index contributed by atoms with van der Waals surface area (Å²) in [7, 11) is 0. The molecule has 1 aromatic rings. The average molecular weight is 335 g/mol. The van der Waals surface area contributed by atoms with Crippen LogP contribution in [-0.4, -0.2) is 89.1 Å². The molecule has 7 heteroatoms. The van der Waals surface area contributed by atoms with Crippen molar-refractivity contribution in [1.29, 1.82) is 0 Å². The molecule has 0 radical (unpaired) electrons. The molecule has 1 aromatic heterocycles. The van der Waals surface area contributed by atoms with E-state index in [0.717, 1.165) is 37.7 Å². The van der Waals surface area contributed by atoms with Crippen molar-refractivity contribution < 1.29 is 9.53 Å². The fraction of sp³-hybridized carbons (Fsp3) is 0.765. The van der Waals surface area contributed by atoms with Gasteiger partial charge in [0.05, 0.1) is 19.8 Å². The van der Waals surface area contributed by atoms with Crippen molar-refractivity contribution in [3.8, 4) is 0 Å². The van der Waals surface area contributed by atoms with E-state index in [-0.39, 0.29) is 11.9 Å². The summed E-state index contributed by atoms with van der Waals surface area (Å²) < 4.78 is 5.58. The van der Waals surface area contributed by atoms with Gasteiger partial charge in [0.2, 0.25) is 5.91 Å². The summed E-state index contributed by atoms with van der Waals surface area (Å²) >= 11 is 0. The van der Waals surface area contributed by atoms with Gasteiger partial charge in [-0.15, -0.1) is 0 Å². The molecule has 7 nitrogen and oxygen atoms in total. The molecule has 2 fully saturated rings. The van der Waals surface area contributed by atoms with Gasteiger partial charge in [0.15, 0.2) is 0 Å². The van der Waals surface area contributed by atoms with E-state index in [0.29, 0.717) is 32.3 Å². The van der Waals surface area contributed by atoms with E-state index in [1.807, 2.05) is 11.8 Å². The highest BCUT2D eigenvalue weighted by Crippen LogP contribution is 2.22. The Morgan fingerprint density at radius 3 is 2.71 bits per heavy atom. The molecule has 0 unspecified atom stereocenters. The topological polar surface area (TPSA) is 64.7 Å². The first-order valence-electron chi connectivity index (χ1n) is 8.89. The quantitative estimate of drug-likeness (QED) is 0.875. The van der Waals surface area contributed by atoms with Gasteiger partial charge in [-0.2, -0.15) is 0 Å². The Kier molecular flexibility index (Phi) is 5.53. The van der Waals surface area contributed by atoms with Gasteiger partial charge in [-0.3, -0.25) is 14.6 Å². The van der Waals surface area contributed by atoms with Crippen LogP contribution in [0.4, 0.5) is 0 Å². The number of nitrogens with zero attached hydrogens (tertiary/aromatic N) is 4. The lowest BCUT2D eigenvalue weighted by Crippen LogP contribution is -2.53. The third kappa shape index (κ3) is 3.96. The molecular formula is C17H29N5O2. The summed E-state index contributed by atoms with van der Waals surface area (Å²) in [6.07, 6.45) is 1.80. The zero-order chi connectivity index (χ0) is 17.1. The molecule has 1 atom stereocenters. The molecule has 2 aliphatic heterocycles. The van der Waals surface area contributed by atoms with Gasteiger partial charge < -0.3 is 14.6 Å². The zero-order valence-electron chi connectivity index (χ0n) is 15.0. The molecule has 0 bridgehead atoms. The Hall–Kier alpha value is -1.44. The number of carbonyl (C=O) groups excluding carboxylic acids is 1. The van der Waals surface area contributed by atoms with E-state index in [9.17, 15) is 4.79 Å². The fourth-order valence-electron chi connectivity index (χ4n) is 3.45. The summed E-state index contributed by atoms with van der Waals surface area (Å²) in [4.78, 5) is 27.1. The van der Waals surface area contributed by atoms with E-state index in [2.05, 4.69) is 33.6 Å². The number of piperazine rings is 1. The molecule has 3 heterocycles. The number of aromatic amines is 1. The third-order valence-corrected chi connectivity index (χ3v) is 4.98. The highest BCUT2D eigenvalue weighted by atomic mass is 16.5. The van der Waals surface area contributed by atoms with E-state index in [1.165, 1.54) is 0 Å². The molecule has 0 aliphatic carbocycles. The second kappa shape index (κ2) is 7.63. The Morgan fingerprint density at radius 2 is 2.08 bits per heavy atom. The predicted molar refractivity (Wildman–Crippen MR) is 91.7 cm³/mol. The molecular weight excluding hydrogens is 306 g/mol. The second-order valence-electron chi connectivity index (χ2n) is 7.04. The number of imidazole rings is 1. The summed E-state index contributed by atoms with van der Waals surface area (Å²) in [5, 5.41) is 0. The molecule has 0 saturated carbocycles. The van der Waals surface area contributed by atoms with Crippen LogP contribution in [0.5, 0.6) is 0 Å². The number of H-pyrrole nitrogens is 1. The van der Waals surface area contributed by atoms with Crippen LogP contribution < -0.4 is 0 Å². The minimum absolute atomic E-state index is 0.100. The van der Waals surface area contributed by atoms with Crippen molar-refractivity contribution in [3.63, 3.8) is 0 Å². The normalized spacial score (nSPS) is 23.8. The number of aromatic nitrogens is 2. The number of hydrogen-bond acceptors (Lipinski definition) is 5. The van der Waals surface area contributed by atoms with Crippen molar-refractivity contribution in [3.05, 3.63) is 17.7 Å². The average Bonchev–Trinajstić information content (AvgIpc) is 3.01. The molecule has 0 spiro atoms. The van der Waals surface area contributed by atoms with E-state index in [1.54, 1.807) is 6.20 Å². The second-order valence-corrected chi connectivity index (χ2v) is 7.04.